The zero-order valence-corrected chi connectivity index (χ0v) is 15.3. The molecule has 0 atom stereocenters. The molecule has 136 valence electrons. The van der Waals surface area contributed by atoms with Crippen molar-refractivity contribution >= 4 is 22.6 Å². The zero-order valence-electron chi connectivity index (χ0n) is 15.3. The van der Waals surface area contributed by atoms with Crippen LogP contribution < -0.4 is 15.0 Å². The van der Waals surface area contributed by atoms with Crippen LogP contribution in [0, 0.1) is 11.3 Å². The van der Waals surface area contributed by atoms with Gasteiger partial charge in [0.1, 0.15) is 11.8 Å². The summed E-state index contributed by atoms with van der Waals surface area (Å²) in [5.74, 6) is 0.758. The molecule has 0 unspecified atom stereocenters. The van der Waals surface area contributed by atoms with E-state index in [1.807, 2.05) is 42.5 Å². The number of aromatic nitrogens is 1. The van der Waals surface area contributed by atoms with E-state index in [1.54, 1.807) is 12.0 Å². The number of nitriles is 1. The van der Waals surface area contributed by atoms with Crippen LogP contribution in [0.1, 0.15) is 12.5 Å². The molecule has 3 aromatic rings. The maximum atomic E-state index is 12.0. The Morgan fingerprint density at radius 2 is 2.11 bits per heavy atom. The summed E-state index contributed by atoms with van der Waals surface area (Å²) in [7, 11) is 1.64. The molecule has 1 aliphatic rings. The molecule has 1 fully saturated rings. The van der Waals surface area contributed by atoms with E-state index in [9.17, 15) is 10.1 Å². The first-order valence-electron chi connectivity index (χ1n) is 8.94. The van der Waals surface area contributed by atoms with Crippen molar-refractivity contribution in [2.24, 2.45) is 0 Å². The Labute approximate surface area is 157 Å². The third-order valence-electron chi connectivity index (χ3n) is 4.99. The molecule has 0 aliphatic carbocycles. The number of amides is 2. The fraction of sp³-hybridized carbons (Fsp3) is 0.238. The molecule has 6 nitrogen and oxygen atoms in total. The van der Waals surface area contributed by atoms with Crippen LogP contribution in [0.4, 0.5) is 10.5 Å². The lowest BCUT2D eigenvalue weighted by molar-refractivity contribution is 0.252. The van der Waals surface area contributed by atoms with Gasteiger partial charge in [-0.25, -0.2) is 4.79 Å². The van der Waals surface area contributed by atoms with E-state index in [4.69, 9.17) is 4.74 Å². The summed E-state index contributed by atoms with van der Waals surface area (Å²) < 4.78 is 7.49. The maximum Gasteiger partial charge on any atom is 0.321 e. The second-order valence-electron chi connectivity index (χ2n) is 6.40. The van der Waals surface area contributed by atoms with E-state index < -0.39 is 0 Å². The van der Waals surface area contributed by atoms with E-state index in [-0.39, 0.29) is 6.03 Å². The summed E-state index contributed by atoms with van der Waals surface area (Å²) in [5.41, 5.74) is 4.22. The molecule has 0 saturated carbocycles. The fourth-order valence-electron chi connectivity index (χ4n) is 3.74. The summed E-state index contributed by atoms with van der Waals surface area (Å²) in [6.07, 6.45) is 0. The predicted octanol–water partition coefficient (Wildman–Crippen LogP) is 3.74. The van der Waals surface area contributed by atoms with Gasteiger partial charge in [0.05, 0.1) is 23.9 Å². The molecule has 0 bridgehead atoms. The van der Waals surface area contributed by atoms with Gasteiger partial charge in [-0.3, -0.25) is 4.90 Å². The first-order chi connectivity index (χ1) is 13.2. The Balaban J connectivity index is 1.93. The van der Waals surface area contributed by atoms with Crippen molar-refractivity contribution in [2.75, 3.05) is 25.1 Å². The van der Waals surface area contributed by atoms with Crippen LogP contribution in [0.3, 0.4) is 0 Å². The Hall–Kier alpha value is -3.46. The van der Waals surface area contributed by atoms with Crippen molar-refractivity contribution in [1.29, 1.82) is 5.26 Å². The Morgan fingerprint density at radius 3 is 2.78 bits per heavy atom. The second kappa shape index (κ2) is 6.69. The average Bonchev–Trinajstić information content (AvgIpc) is 3.27. The highest BCUT2D eigenvalue weighted by Gasteiger charge is 2.23. The van der Waals surface area contributed by atoms with Crippen LogP contribution in [-0.2, 0) is 6.54 Å². The van der Waals surface area contributed by atoms with Gasteiger partial charge in [0, 0.05) is 42.3 Å². The average molecular weight is 360 g/mol. The van der Waals surface area contributed by atoms with Crippen molar-refractivity contribution in [3.8, 4) is 23.1 Å². The van der Waals surface area contributed by atoms with E-state index >= 15 is 0 Å². The van der Waals surface area contributed by atoms with Crippen LogP contribution in [-0.4, -0.2) is 30.8 Å². The summed E-state index contributed by atoms with van der Waals surface area (Å²) in [6.45, 7) is 4.05. The number of fused-ring (bicyclic) bond motifs is 1. The molecule has 0 spiro atoms. The lowest BCUT2D eigenvalue weighted by Crippen LogP contribution is -2.27. The van der Waals surface area contributed by atoms with Crippen LogP contribution in [0.2, 0.25) is 0 Å². The number of nitrogens with one attached hydrogen (secondary N) is 1. The monoisotopic (exact) mass is 360 g/mol. The highest BCUT2D eigenvalue weighted by molar-refractivity contribution is 5.97. The molecule has 0 radical (unpaired) electrons. The number of aryl methyl sites for hydroxylation is 1. The minimum atomic E-state index is -0.0894. The number of hydrogen-bond acceptors (Lipinski definition) is 3. The van der Waals surface area contributed by atoms with Gasteiger partial charge in [-0.15, -0.1) is 0 Å². The van der Waals surface area contributed by atoms with E-state index in [2.05, 4.69) is 22.9 Å². The van der Waals surface area contributed by atoms with Gasteiger partial charge in [-0.1, -0.05) is 12.1 Å². The first kappa shape index (κ1) is 17.0. The molecular weight excluding hydrogens is 340 g/mol. The van der Waals surface area contributed by atoms with Crippen molar-refractivity contribution in [1.82, 2.24) is 9.88 Å². The molecule has 1 aromatic heterocycles. The van der Waals surface area contributed by atoms with Crippen molar-refractivity contribution in [2.45, 2.75) is 13.5 Å². The zero-order chi connectivity index (χ0) is 19.0. The minimum Gasteiger partial charge on any atom is -0.497 e. The number of carbonyl (C=O) groups is 1. The summed E-state index contributed by atoms with van der Waals surface area (Å²) in [6, 6.07) is 15.8. The lowest BCUT2D eigenvalue weighted by Gasteiger charge is -2.16. The number of nitrogens with zero attached hydrogens (tertiary/aromatic N) is 3. The van der Waals surface area contributed by atoms with E-state index in [0.717, 1.165) is 40.1 Å². The molecule has 27 heavy (non-hydrogen) atoms. The molecule has 2 heterocycles. The predicted molar refractivity (Wildman–Crippen MR) is 105 cm³/mol. The van der Waals surface area contributed by atoms with Gasteiger partial charge in [-0.2, -0.15) is 5.26 Å². The van der Waals surface area contributed by atoms with Gasteiger partial charge in [0.25, 0.3) is 0 Å². The van der Waals surface area contributed by atoms with Crippen LogP contribution in [0.25, 0.3) is 22.2 Å². The number of benzene rings is 2. The number of rotatable bonds is 4. The Morgan fingerprint density at radius 1 is 1.26 bits per heavy atom. The largest absolute Gasteiger partial charge is 0.497 e. The van der Waals surface area contributed by atoms with Gasteiger partial charge < -0.3 is 14.6 Å². The number of urea groups is 1. The van der Waals surface area contributed by atoms with E-state index in [0.29, 0.717) is 18.7 Å². The molecular formula is C21H20N4O2. The first-order valence-corrected chi connectivity index (χ1v) is 8.94. The molecule has 1 aliphatic heterocycles. The lowest BCUT2D eigenvalue weighted by atomic mass is 10.0. The molecule has 2 amide bonds. The van der Waals surface area contributed by atoms with Gasteiger partial charge in [0.15, 0.2) is 0 Å². The number of hydrogen-bond donors (Lipinski definition) is 1. The topological polar surface area (TPSA) is 70.3 Å². The number of methoxy groups -OCH3 is 1. The number of ether oxygens (including phenoxy) is 1. The quantitative estimate of drug-likeness (QED) is 0.770. The Bertz CT molecular complexity index is 1080. The van der Waals surface area contributed by atoms with E-state index in [1.165, 1.54) is 0 Å². The number of carbonyl (C=O) groups excluding carboxylic acids is 1. The highest BCUT2D eigenvalue weighted by atomic mass is 16.5. The minimum absolute atomic E-state index is 0.0894. The van der Waals surface area contributed by atoms with Gasteiger partial charge >= 0.3 is 6.03 Å². The molecule has 6 heteroatoms. The Kier molecular flexibility index (Phi) is 4.21. The van der Waals surface area contributed by atoms with Crippen molar-refractivity contribution in [3.05, 3.63) is 48.0 Å². The van der Waals surface area contributed by atoms with Crippen molar-refractivity contribution in [3.63, 3.8) is 0 Å². The molecule has 1 saturated heterocycles. The fourth-order valence-corrected chi connectivity index (χ4v) is 3.74. The van der Waals surface area contributed by atoms with Crippen LogP contribution in [0.5, 0.6) is 5.75 Å². The highest BCUT2D eigenvalue weighted by Crippen LogP contribution is 2.36. The molecule has 4 rings (SSSR count). The normalized spacial score (nSPS) is 13.7. The van der Waals surface area contributed by atoms with Crippen LogP contribution >= 0.6 is 0 Å². The van der Waals surface area contributed by atoms with Crippen LogP contribution in [0.15, 0.2) is 42.5 Å². The third kappa shape index (κ3) is 2.68. The molecule has 1 N–H and O–H groups in total. The SMILES string of the molecule is CCn1c(-c2cccc(N3CCNC3=O)c2)c(C#N)c2ccc(OC)cc21. The molecule has 2 aromatic carbocycles. The van der Waals surface area contributed by atoms with Gasteiger partial charge in [-0.05, 0) is 31.2 Å². The summed E-state index contributed by atoms with van der Waals surface area (Å²) in [4.78, 5) is 13.7. The van der Waals surface area contributed by atoms with Crippen molar-refractivity contribution < 1.29 is 9.53 Å². The smallest absolute Gasteiger partial charge is 0.321 e. The maximum absolute atomic E-state index is 12.0. The standard InChI is InChI=1S/C21H20N4O2/c1-3-24-19-12-16(27-2)7-8-17(19)18(13-22)20(24)14-5-4-6-15(11-14)25-10-9-23-21(25)26/h4-8,11-12H,3,9-10H2,1-2H3,(H,23,26). The second-order valence-corrected chi connectivity index (χ2v) is 6.40. The number of anilines is 1. The summed E-state index contributed by atoms with van der Waals surface area (Å²) >= 11 is 0. The van der Waals surface area contributed by atoms with Gasteiger partial charge in [0.2, 0.25) is 0 Å². The summed E-state index contributed by atoms with van der Waals surface area (Å²) in [5, 5.41) is 13.6. The third-order valence-corrected chi connectivity index (χ3v) is 4.99.